The van der Waals surface area contributed by atoms with Crippen LogP contribution in [0, 0.1) is 0 Å². The monoisotopic (exact) mass is 360 g/mol. The predicted molar refractivity (Wildman–Crippen MR) is 49.1 cm³/mol. The summed E-state index contributed by atoms with van der Waals surface area (Å²) in [4.78, 5) is 0. The normalized spacial score (nSPS) is 42.6. The van der Waals surface area contributed by atoms with Crippen LogP contribution in [0.5, 0.6) is 0 Å². The van der Waals surface area contributed by atoms with Gasteiger partial charge < -0.3 is 4.74 Å². The molecule has 0 amide bonds. The molecule has 1 fully saturated rings. The smallest absolute Gasteiger partial charge is 0.309 e. The van der Waals surface area contributed by atoms with Gasteiger partial charge in [-0.25, -0.2) is 4.39 Å². The Kier molecular flexibility index (Phi) is 3.90. The van der Waals surface area contributed by atoms with Crippen molar-refractivity contribution in [2.45, 2.75) is 35.3 Å². The standard InChI is InChI=1S/C6H4F10O2P2/c7-1(3(8,9)10)6(16,20)18-2(19,4(11,12)13)5(14,15)17-1/h19-20H2. The third kappa shape index (κ3) is 2.28. The fourth-order valence-corrected chi connectivity index (χ4v) is 1.93. The van der Waals surface area contributed by atoms with E-state index in [1.807, 2.05) is 0 Å². The quantitative estimate of drug-likeness (QED) is 0.487. The topological polar surface area (TPSA) is 18.5 Å². The van der Waals surface area contributed by atoms with Crippen molar-refractivity contribution in [3.63, 3.8) is 0 Å². The molecular weight excluding hydrogens is 356 g/mol. The molecule has 1 heterocycles. The van der Waals surface area contributed by atoms with Crippen LogP contribution in [0.25, 0.3) is 0 Å². The van der Waals surface area contributed by atoms with Gasteiger partial charge in [0.25, 0.3) is 10.9 Å². The zero-order chi connectivity index (χ0) is 16.4. The van der Waals surface area contributed by atoms with Crippen molar-refractivity contribution in [1.29, 1.82) is 0 Å². The molecule has 0 N–H and O–H groups in total. The third-order valence-electron chi connectivity index (χ3n) is 2.23. The maximum Gasteiger partial charge on any atom is 0.455 e. The lowest BCUT2D eigenvalue weighted by Gasteiger charge is -2.51. The number of rotatable bonds is 0. The number of halogens is 10. The van der Waals surface area contributed by atoms with Crippen molar-refractivity contribution < 1.29 is 53.4 Å². The van der Waals surface area contributed by atoms with Gasteiger partial charge in [0.2, 0.25) is 0 Å². The highest BCUT2D eigenvalue weighted by Crippen LogP contribution is 2.64. The highest BCUT2D eigenvalue weighted by Gasteiger charge is 2.85. The Hall–Kier alpha value is 0.0800. The van der Waals surface area contributed by atoms with Gasteiger partial charge in [0.05, 0.1) is 0 Å². The van der Waals surface area contributed by atoms with Crippen LogP contribution in [-0.4, -0.2) is 35.3 Å². The molecule has 0 aromatic rings. The number of ether oxygens (including phenoxy) is 2. The van der Waals surface area contributed by atoms with Crippen LogP contribution in [0.3, 0.4) is 0 Å². The summed E-state index contributed by atoms with van der Waals surface area (Å²) < 4.78 is 133. The van der Waals surface area contributed by atoms with Gasteiger partial charge in [0.1, 0.15) is 0 Å². The fraction of sp³-hybridized carbons (Fsp3) is 1.00. The molecule has 0 saturated carbocycles. The zero-order valence-corrected chi connectivity index (χ0v) is 11.1. The van der Waals surface area contributed by atoms with Gasteiger partial charge >= 0.3 is 24.3 Å². The van der Waals surface area contributed by atoms with Crippen LogP contribution in [0.4, 0.5) is 43.9 Å². The van der Waals surface area contributed by atoms with Crippen LogP contribution in [0.2, 0.25) is 0 Å². The lowest BCUT2D eigenvalue weighted by Crippen LogP contribution is -2.73. The molecule has 0 aromatic carbocycles. The summed E-state index contributed by atoms with van der Waals surface area (Å²) in [6.07, 6.45) is -18.4. The van der Waals surface area contributed by atoms with E-state index in [0.29, 0.717) is 9.24 Å². The zero-order valence-electron chi connectivity index (χ0n) is 8.75. The Morgan fingerprint density at radius 3 is 1.40 bits per heavy atom. The van der Waals surface area contributed by atoms with Gasteiger partial charge in [-0.05, 0) is 0 Å². The van der Waals surface area contributed by atoms with E-state index in [2.05, 4.69) is 9.47 Å². The fourth-order valence-electron chi connectivity index (χ4n) is 1.16. The summed E-state index contributed by atoms with van der Waals surface area (Å²) in [6, 6.07) is 0. The minimum Gasteiger partial charge on any atom is -0.309 e. The van der Waals surface area contributed by atoms with Crippen LogP contribution in [0.15, 0.2) is 0 Å². The number of hydrogen-bond acceptors (Lipinski definition) is 2. The van der Waals surface area contributed by atoms with E-state index < -0.39 is 35.3 Å². The van der Waals surface area contributed by atoms with E-state index in [9.17, 15) is 43.9 Å². The Balaban J connectivity index is 3.44. The van der Waals surface area contributed by atoms with E-state index in [0.717, 1.165) is 0 Å². The molecule has 0 radical (unpaired) electrons. The van der Waals surface area contributed by atoms with Crippen molar-refractivity contribution in [3.8, 4) is 0 Å². The minimum atomic E-state index is -6.43. The molecule has 0 aliphatic carbocycles. The number of hydrogen-bond donors (Lipinski definition) is 0. The highest BCUT2D eigenvalue weighted by molar-refractivity contribution is 7.20. The summed E-state index contributed by atoms with van der Waals surface area (Å²) in [5.74, 6) is -5.82. The second-order valence-electron chi connectivity index (χ2n) is 3.69. The lowest BCUT2D eigenvalue weighted by molar-refractivity contribution is -0.541. The molecule has 1 saturated heterocycles. The number of alkyl halides is 10. The molecule has 0 spiro atoms. The van der Waals surface area contributed by atoms with Gasteiger partial charge in [-0.2, -0.15) is 39.5 Å². The third-order valence-corrected chi connectivity index (χ3v) is 3.51. The molecule has 0 aromatic heterocycles. The summed E-state index contributed by atoms with van der Waals surface area (Å²) in [5.41, 5.74) is -4.95. The maximum atomic E-state index is 13.5. The molecule has 1 aliphatic rings. The van der Waals surface area contributed by atoms with Gasteiger partial charge in [0.15, 0.2) is 0 Å². The summed E-state index contributed by atoms with van der Waals surface area (Å²) in [6.45, 7) is 0. The Morgan fingerprint density at radius 1 is 0.700 bits per heavy atom. The molecule has 5 atom stereocenters. The second kappa shape index (κ2) is 4.30. The van der Waals surface area contributed by atoms with Crippen molar-refractivity contribution in [3.05, 3.63) is 0 Å². The SMILES string of the molecule is FC(F)(F)C1(F)OC(F)(F)C(P)(C(F)(F)F)OC1(F)P. The van der Waals surface area contributed by atoms with Crippen molar-refractivity contribution >= 4 is 18.5 Å². The van der Waals surface area contributed by atoms with Crippen molar-refractivity contribution in [2.24, 2.45) is 0 Å². The average molecular weight is 360 g/mol. The van der Waals surface area contributed by atoms with Crippen LogP contribution < -0.4 is 0 Å². The van der Waals surface area contributed by atoms with Crippen molar-refractivity contribution in [1.82, 2.24) is 0 Å². The summed E-state index contributed by atoms with van der Waals surface area (Å²) >= 11 is 0. The van der Waals surface area contributed by atoms with E-state index >= 15 is 0 Å². The van der Waals surface area contributed by atoms with Crippen LogP contribution >= 0.6 is 18.5 Å². The first-order valence-electron chi connectivity index (χ1n) is 4.28. The van der Waals surface area contributed by atoms with Gasteiger partial charge in [0, 0.05) is 0 Å². The average Bonchev–Trinajstić information content (AvgIpc) is 2.09. The molecule has 120 valence electrons. The lowest BCUT2D eigenvalue weighted by atomic mass is 10.2. The van der Waals surface area contributed by atoms with Crippen LogP contribution in [-0.2, 0) is 9.47 Å². The van der Waals surface area contributed by atoms with Gasteiger partial charge in [-0.1, -0.05) is 18.5 Å². The molecule has 14 heteroatoms. The van der Waals surface area contributed by atoms with Gasteiger partial charge in [-0.15, -0.1) is 0 Å². The van der Waals surface area contributed by atoms with E-state index in [1.54, 1.807) is 0 Å². The Morgan fingerprint density at radius 2 is 1.10 bits per heavy atom. The molecule has 2 nitrogen and oxygen atoms in total. The second-order valence-corrected chi connectivity index (χ2v) is 5.25. The highest BCUT2D eigenvalue weighted by atomic mass is 31.0. The maximum absolute atomic E-state index is 13.5. The largest absolute Gasteiger partial charge is 0.455 e. The van der Waals surface area contributed by atoms with E-state index in [-0.39, 0.29) is 9.24 Å². The summed E-state index contributed by atoms with van der Waals surface area (Å²) in [7, 11) is 0.575. The van der Waals surface area contributed by atoms with Crippen LogP contribution in [0.1, 0.15) is 0 Å². The van der Waals surface area contributed by atoms with Crippen molar-refractivity contribution in [2.75, 3.05) is 0 Å². The first-order chi connectivity index (χ1) is 8.41. The Bertz CT molecular complexity index is 368. The molecule has 20 heavy (non-hydrogen) atoms. The first-order valence-corrected chi connectivity index (χ1v) is 5.44. The minimum absolute atomic E-state index is 0.282. The molecule has 5 unspecified atom stereocenters. The van der Waals surface area contributed by atoms with Gasteiger partial charge in [-0.3, -0.25) is 4.74 Å². The predicted octanol–water partition coefficient (Wildman–Crippen LogP) is 3.49. The van der Waals surface area contributed by atoms with E-state index in [4.69, 9.17) is 0 Å². The molecule has 0 bridgehead atoms. The Labute approximate surface area is 108 Å². The molecule has 1 rings (SSSR count). The van der Waals surface area contributed by atoms with E-state index in [1.165, 1.54) is 0 Å². The molecule has 1 aliphatic heterocycles. The summed E-state index contributed by atoms with van der Waals surface area (Å²) in [5, 5.41) is -4.91. The molecular formula is C6H4F10O2P2. The first kappa shape index (κ1) is 18.1.